The van der Waals surface area contributed by atoms with Gasteiger partial charge in [-0.05, 0) is 0 Å². The number of rotatable bonds is 3. The lowest BCUT2D eigenvalue weighted by Gasteiger charge is -2.30. The van der Waals surface area contributed by atoms with Crippen molar-refractivity contribution in [3.8, 4) is 0 Å². The van der Waals surface area contributed by atoms with Crippen LogP contribution >= 0.6 is 0 Å². The highest BCUT2D eigenvalue weighted by Crippen LogP contribution is 2.34. The highest BCUT2D eigenvalue weighted by molar-refractivity contribution is 4.85. The van der Waals surface area contributed by atoms with Crippen LogP contribution < -0.4 is 5.73 Å². The van der Waals surface area contributed by atoms with E-state index in [0.29, 0.717) is 0 Å². The average Bonchev–Trinajstić information content (AvgIpc) is 1.88. The van der Waals surface area contributed by atoms with Crippen LogP contribution in [0.15, 0.2) is 0 Å². The van der Waals surface area contributed by atoms with Crippen molar-refractivity contribution in [1.29, 1.82) is 0 Å². The molecule has 0 aliphatic rings. The molecule has 0 bridgehead atoms. The smallest absolute Gasteiger partial charge is 0.267 e. The first-order chi connectivity index (χ1) is 4.37. The van der Waals surface area contributed by atoms with Gasteiger partial charge >= 0.3 is 0 Å². The van der Waals surface area contributed by atoms with E-state index in [1.54, 1.807) is 0 Å². The number of aliphatic hydroxyl groups excluding tert-OH is 1. The van der Waals surface area contributed by atoms with Gasteiger partial charge in [-0.15, -0.1) is 0 Å². The minimum atomic E-state index is -2.98. The summed E-state index contributed by atoms with van der Waals surface area (Å²) < 4.78 is 25.3. The number of nitrogens with two attached hydrogens (primary N) is 1. The SMILES string of the molecule is CC(C)(CO)C(F)(F)CN. The molecule has 0 radical (unpaired) electrons. The highest BCUT2D eigenvalue weighted by atomic mass is 19.3. The predicted molar refractivity (Wildman–Crippen MR) is 34.9 cm³/mol. The van der Waals surface area contributed by atoms with Crippen molar-refractivity contribution >= 4 is 0 Å². The molecule has 0 aromatic carbocycles. The maximum absolute atomic E-state index is 12.6. The Bertz CT molecular complexity index is 100. The number of halogens is 2. The van der Waals surface area contributed by atoms with Crippen LogP contribution in [-0.4, -0.2) is 24.2 Å². The molecule has 2 nitrogen and oxygen atoms in total. The summed E-state index contributed by atoms with van der Waals surface area (Å²) in [5, 5.41) is 8.53. The molecule has 10 heavy (non-hydrogen) atoms. The van der Waals surface area contributed by atoms with E-state index in [4.69, 9.17) is 10.8 Å². The summed E-state index contributed by atoms with van der Waals surface area (Å²) in [6, 6.07) is 0. The summed E-state index contributed by atoms with van der Waals surface area (Å²) in [6.45, 7) is 1.28. The fraction of sp³-hybridized carbons (Fsp3) is 1.00. The van der Waals surface area contributed by atoms with Gasteiger partial charge in [0.05, 0.1) is 18.6 Å². The molecule has 0 aromatic rings. The lowest BCUT2D eigenvalue weighted by molar-refractivity contribution is -0.117. The predicted octanol–water partition coefficient (Wildman–Crippen LogP) is 0.599. The summed E-state index contributed by atoms with van der Waals surface area (Å²) in [7, 11) is 0. The second-order valence-corrected chi connectivity index (χ2v) is 2.95. The van der Waals surface area contributed by atoms with Gasteiger partial charge in [-0.2, -0.15) is 0 Å². The first-order valence-corrected chi connectivity index (χ1v) is 3.06. The summed E-state index contributed by atoms with van der Waals surface area (Å²) in [5.74, 6) is -2.98. The molecule has 0 heterocycles. The molecule has 0 unspecified atom stereocenters. The minimum Gasteiger partial charge on any atom is -0.396 e. The Balaban J connectivity index is 4.28. The molecule has 3 N–H and O–H groups in total. The van der Waals surface area contributed by atoms with Crippen LogP contribution in [0.2, 0.25) is 0 Å². The zero-order valence-corrected chi connectivity index (χ0v) is 6.19. The monoisotopic (exact) mass is 153 g/mol. The van der Waals surface area contributed by atoms with Gasteiger partial charge in [0.15, 0.2) is 0 Å². The van der Waals surface area contributed by atoms with E-state index in [2.05, 4.69) is 0 Å². The molecule has 0 fully saturated rings. The van der Waals surface area contributed by atoms with Crippen molar-refractivity contribution in [1.82, 2.24) is 0 Å². The lowest BCUT2D eigenvalue weighted by atomic mass is 9.86. The van der Waals surface area contributed by atoms with Gasteiger partial charge in [-0.25, -0.2) is 8.78 Å². The largest absolute Gasteiger partial charge is 0.396 e. The van der Waals surface area contributed by atoms with E-state index in [1.165, 1.54) is 13.8 Å². The van der Waals surface area contributed by atoms with Gasteiger partial charge in [0, 0.05) is 0 Å². The zero-order valence-electron chi connectivity index (χ0n) is 6.19. The molecule has 0 saturated carbocycles. The molecule has 0 aliphatic heterocycles. The van der Waals surface area contributed by atoms with Crippen LogP contribution in [0.1, 0.15) is 13.8 Å². The summed E-state index contributed by atoms with van der Waals surface area (Å²) >= 11 is 0. The van der Waals surface area contributed by atoms with E-state index in [9.17, 15) is 8.78 Å². The molecule has 0 aliphatic carbocycles. The van der Waals surface area contributed by atoms with Crippen LogP contribution in [-0.2, 0) is 0 Å². The summed E-state index contributed by atoms with van der Waals surface area (Å²) in [5.41, 5.74) is 3.39. The van der Waals surface area contributed by atoms with Gasteiger partial charge in [0.25, 0.3) is 5.92 Å². The third kappa shape index (κ3) is 1.64. The molecule has 4 heteroatoms. The Morgan fingerprint density at radius 1 is 1.40 bits per heavy atom. The van der Waals surface area contributed by atoms with E-state index in [0.717, 1.165) is 0 Å². The third-order valence-electron chi connectivity index (χ3n) is 1.64. The molecule has 0 saturated heterocycles. The fourth-order valence-electron chi connectivity index (χ4n) is 0.392. The third-order valence-corrected chi connectivity index (χ3v) is 1.64. The van der Waals surface area contributed by atoms with Crippen molar-refractivity contribution in [3.63, 3.8) is 0 Å². The molecular weight excluding hydrogens is 140 g/mol. The number of hydrogen-bond donors (Lipinski definition) is 2. The Morgan fingerprint density at radius 2 is 1.80 bits per heavy atom. The van der Waals surface area contributed by atoms with Crippen LogP contribution in [0, 0.1) is 5.41 Å². The molecule has 0 spiro atoms. The van der Waals surface area contributed by atoms with Crippen molar-refractivity contribution < 1.29 is 13.9 Å². The van der Waals surface area contributed by atoms with E-state index in [-0.39, 0.29) is 0 Å². The van der Waals surface area contributed by atoms with Gasteiger partial charge in [-0.3, -0.25) is 0 Å². The van der Waals surface area contributed by atoms with E-state index < -0.39 is 24.5 Å². The molecule has 0 amide bonds. The molecule has 0 rings (SSSR count). The average molecular weight is 153 g/mol. The minimum absolute atomic E-state index is 0.558. The standard InChI is InChI=1S/C6H13F2NO/c1-5(2,4-10)6(7,8)3-9/h10H,3-4,9H2,1-2H3. The van der Waals surface area contributed by atoms with Crippen LogP contribution in [0.5, 0.6) is 0 Å². The van der Waals surface area contributed by atoms with Crippen molar-refractivity contribution in [2.75, 3.05) is 13.2 Å². The topological polar surface area (TPSA) is 46.2 Å². The first-order valence-electron chi connectivity index (χ1n) is 3.06. The molecule has 0 atom stereocenters. The van der Waals surface area contributed by atoms with Gasteiger partial charge in [-0.1, -0.05) is 13.8 Å². The second kappa shape index (κ2) is 2.80. The van der Waals surface area contributed by atoms with Crippen molar-refractivity contribution in [2.45, 2.75) is 19.8 Å². The first kappa shape index (κ1) is 9.78. The highest BCUT2D eigenvalue weighted by Gasteiger charge is 2.44. The van der Waals surface area contributed by atoms with Crippen molar-refractivity contribution in [2.24, 2.45) is 11.1 Å². The number of hydrogen-bond acceptors (Lipinski definition) is 2. The Morgan fingerprint density at radius 3 is 1.90 bits per heavy atom. The summed E-state index contributed by atoms with van der Waals surface area (Å²) in [6.07, 6.45) is 0. The number of aliphatic hydroxyl groups is 1. The summed E-state index contributed by atoms with van der Waals surface area (Å²) in [4.78, 5) is 0. The van der Waals surface area contributed by atoms with Crippen LogP contribution in [0.3, 0.4) is 0 Å². The quantitative estimate of drug-likeness (QED) is 0.623. The van der Waals surface area contributed by atoms with Crippen LogP contribution in [0.4, 0.5) is 8.78 Å². The maximum Gasteiger partial charge on any atom is 0.267 e. The Kier molecular flexibility index (Phi) is 2.74. The molecular formula is C6H13F2NO. The van der Waals surface area contributed by atoms with Gasteiger partial charge in [0.2, 0.25) is 0 Å². The number of alkyl halides is 2. The Labute approximate surface area is 59.0 Å². The van der Waals surface area contributed by atoms with Crippen LogP contribution in [0.25, 0.3) is 0 Å². The molecule has 62 valence electrons. The van der Waals surface area contributed by atoms with Crippen molar-refractivity contribution in [3.05, 3.63) is 0 Å². The van der Waals surface area contributed by atoms with Gasteiger partial charge < -0.3 is 10.8 Å². The maximum atomic E-state index is 12.6. The molecule has 0 aromatic heterocycles. The normalized spacial score (nSPS) is 13.8. The zero-order chi connectivity index (χ0) is 8.41. The Hall–Kier alpha value is -0.220. The van der Waals surface area contributed by atoms with E-state index in [1.807, 2.05) is 0 Å². The lowest BCUT2D eigenvalue weighted by Crippen LogP contribution is -2.45. The van der Waals surface area contributed by atoms with E-state index >= 15 is 0 Å². The fourth-order valence-corrected chi connectivity index (χ4v) is 0.392. The van der Waals surface area contributed by atoms with Gasteiger partial charge in [0.1, 0.15) is 0 Å². The second-order valence-electron chi connectivity index (χ2n) is 2.95.